The van der Waals surface area contributed by atoms with Gasteiger partial charge in [0.1, 0.15) is 13.2 Å². The Morgan fingerprint density at radius 1 is 1.33 bits per heavy atom. The summed E-state index contributed by atoms with van der Waals surface area (Å²) in [6.07, 6.45) is 4.58. The normalized spacial score (nSPS) is 12.9. The minimum atomic E-state index is -0.284. The molecule has 7 heteroatoms. The Hall–Kier alpha value is -2.73. The van der Waals surface area contributed by atoms with Crippen LogP contribution in [0.1, 0.15) is 5.56 Å². The number of aromatic nitrogens is 1. The molecule has 0 saturated carbocycles. The predicted molar refractivity (Wildman–Crippen MR) is 90.9 cm³/mol. The summed E-state index contributed by atoms with van der Waals surface area (Å²) in [6.45, 7) is 0.946. The lowest BCUT2D eigenvalue weighted by Gasteiger charge is -2.19. The second kappa shape index (κ2) is 7.23. The maximum Gasteiger partial charge on any atom is 0.248 e. The minimum absolute atomic E-state index is 0.284. The van der Waals surface area contributed by atoms with Crippen molar-refractivity contribution in [2.45, 2.75) is 0 Å². The van der Waals surface area contributed by atoms with Crippen molar-refractivity contribution in [1.82, 2.24) is 4.98 Å². The number of pyridine rings is 1. The SMILES string of the molecule is COc1ccc(NC(=O)/C=C/c2cc(Cl)c3c(c2)OCCO3)cn1. The number of methoxy groups -OCH3 is 1. The first kappa shape index (κ1) is 16.1. The third kappa shape index (κ3) is 3.78. The standard InChI is InChI=1S/C17H15ClN2O4/c1-22-16-5-3-12(10-19-16)20-15(21)4-2-11-8-13(18)17-14(9-11)23-6-7-24-17/h2-5,8-10H,6-7H2,1H3,(H,20,21)/b4-2+. The topological polar surface area (TPSA) is 69.7 Å². The van der Waals surface area contributed by atoms with Crippen molar-refractivity contribution in [3.05, 3.63) is 47.1 Å². The number of nitrogens with one attached hydrogen (secondary N) is 1. The van der Waals surface area contributed by atoms with Gasteiger partial charge in [-0.3, -0.25) is 4.79 Å². The molecule has 0 unspecified atom stereocenters. The van der Waals surface area contributed by atoms with Crippen LogP contribution in [0.5, 0.6) is 17.4 Å². The molecule has 3 rings (SSSR count). The molecule has 0 fully saturated rings. The number of hydrogen-bond donors (Lipinski definition) is 1. The number of fused-ring (bicyclic) bond motifs is 1. The molecule has 6 nitrogen and oxygen atoms in total. The van der Waals surface area contributed by atoms with Crippen LogP contribution in [-0.2, 0) is 4.79 Å². The van der Waals surface area contributed by atoms with Crippen molar-refractivity contribution in [2.75, 3.05) is 25.6 Å². The van der Waals surface area contributed by atoms with Crippen LogP contribution in [-0.4, -0.2) is 31.2 Å². The number of hydrogen-bond acceptors (Lipinski definition) is 5. The van der Waals surface area contributed by atoms with Crippen LogP contribution in [0.25, 0.3) is 6.08 Å². The van der Waals surface area contributed by atoms with E-state index in [1.807, 2.05) is 0 Å². The predicted octanol–water partition coefficient (Wildman–Crippen LogP) is 3.17. The van der Waals surface area contributed by atoms with Gasteiger partial charge < -0.3 is 19.5 Å². The fraction of sp³-hybridized carbons (Fsp3) is 0.176. The first-order valence-electron chi connectivity index (χ1n) is 7.24. The van der Waals surface area contributed by atoms with Crippen molar-refractivity contribution < 1.29 is 19.0 Å². The van der Waals surface area contributed by atoms with Crippen molar-refractivity contribution in [1.29, 1.82) is 0 Å². The second-order valence-electron chi connectivity index (χ2n) is 4.94. The quantitative estimate of drug-likeness (QED) is 0.861. The van der Waals surface area contributed by atoms with Gasteiger partial charge in [-0.25, -0.2) is 4.98 Å². The van der Waals surface area contributed by atoms with E-state index in [1.165, 1.54) is 19.4 Å². The van der Waals surface area contributed by atoms with Gasteiger partial charge in [0, 0.05) is 12.1 Å². The van der Waals surface area contributed by atoms with E-state index < -0.39 is 0 Å². The van der Waals surface area contributed by atoms with Gasteiger partial charge in [-0.05, 0) is 29.8 Å². The van der Waals surface area contributed by atoms with Crippen molar-refractivity contribution >= 4 is 29.3 Å². The number of amides is 1. The smallest absolute Gasteiger partial charge is 0.248 e. The van der Waals surface area contributed by atoms with E-state index in [0.717, 1.165) is 5.56 Å². The summed E-state index contributed by atoms with van der Waals surface area (Å²) in [5.41, 5.74) is 1.32. The average Bonchev–Trinajstić information content (AvgIpc) is 2.61. The molecule has 2 aromatic rings. The highest BCUT2D eigenvalue weighted by Gasteiger charge is 2.15. The first-order chi connectivity index (χ1) is 11.7. The summed E-state index contributed by atoms with van der Waals surface area (Å²) in [5.74, 6) is 1.31. The number of ether oxygens (including phenoxy) is 3. The molecule has 0 bridgehead atoms. The van der Waals surface area contributed by atoms with Gasteiger partial charge >= 0.3 is 0 Å². The van der Waals surface area contributed by atoms with Gasteiger partial charge in [-0.15, -0.1) is 0 Å². The van der Waals surface area contributed by atoms with E-state index in [0.29, 0.717) is 41.3 Å². The number of halogens is 1. The molecule has 0 atom stereocenters. The highest BCUT2D eigenvalue weighted by Crippen LogP contribution is 2.38. The molecule has 0 saturated heterocycles. The van der Waals surface area contributed by atoms with E-state index in [2.05, 4.69) is 10.3 Å². The zero-order valence-corrected chi connectivity index (χ0v) is 13.7. The summed E-state index contributed by atoms with van der Waals surface area (Å²) >= 11 is 6.16. The highest BCUT2D eigenvalue weighted by molar-refractivity contribution is 6.32. The Balaban J connectivity index is 1.68. The first-order valence-corrected chi connectivity index (χ1v) is 7.62. The zero-order valence-electron chi connectivity index (χ0n) is 12.9. The average molecular weight is 347 g/mol. The van der Waals surface area contributed by atoms with Crippen LogP contribution in [0.2, 0.25) is 5.02 Å². The molecule has 124 valence electrons. The van der Waals surface area contributed by atoms with Crippen molar-refractivity contribution in [3.63, 3.8) is 0 Å². The monoisotopic (exact) mass is 346 g/mol. The van der Waals surface area contributed by atoms with Gasteiger partial charge in [0.2, 0.25) is 11.8 Å². The van der Waals surface area contributed by atoms with Gasteiger partial charge in [0.15, 0.2) is 11.5 Å². The van der Waals surface area contributed by atoms with Gasteiger partial charge in [0.25, 0.3) is 0 Å². The van der Waals surface area contributed by atoms with Crippen LogP contribution in [0.15, 0.2) is 36.5 Å². The van der Waals surface area contributed by atoms with Gasteiger partial charge in [0.05, 0.1) is 24.0 Å². The third-order valence-electron chi connectivity index (χ3n) is 3.26. The lowest BCUT2D eigenvalue weighted by atomic mass is 10.1. The Labute approximate surface area is 144 Å². The zero-order chi connectivity index (χ0) is 16.9. The van der Waals surface area contributed by atoms with Crippen LogP contribution >= 0.6 is 11.6 Å². The fourth-order valence-corrected chi connectivity index (χ4v) is 2.43. The largest absolute Gasteiger partial charge is 0.486 e. The number of benzene rings is 1. The Kier molecular flexibility index (Phi) is 4.86. The van der Waals surface area contributed by atoms with Gasteiger partial charge in [-0.1, -0.05) is 11.6 Å². The molecule has 0 aliphatic carbocycles. The Morgan fingerprint density at radius 2 is 2.17 bits per heavy atom. The van der Waals surface area contributed by atoms with Crippen molar-refractivity contribution in [2.24, 2.45) is 0 Å². The van der Waals surface area contributed by atoms with E-state index in [9.17, 15) is 4.79 Å². The lowest BCUT2D eigenvalue weighted by molar-refractivity contribution is -0.111. The molecule has 1 aromatic heterocycles. The summed E-state index contributed by atoms with van der Waals surface area (Å²) in [6, 6.07) is 6.87. The number of anilines is 1. The third-order valence-corrected chi connectivity index (χ3v) is 3.54. The molecular formula is C17H15ClN2O4. The summed E-state index contributed by atoms with van der Waals surface area (Å²) in [7, 11) is 1.53. The summed E-state index contributed by atoms with van der Waals surface area (Å²) in [4.78, 5) is 16.0. The van der Waals surface area contributed by atoms with E-state index in [4.69, 9.17) is 25.8 Å². The molecule has 0 spiro atoms. The van der Waals surface area contributed by atoms with Crippen molar-refractivity contribution in [3.8, 4) is 17.4 Å². The molecule has 1 aromatic carbocycles. The van der Waals surface area contributed by atoms with E-state index >= 15 is 0 Å². The summed E-state index contributed by atoms with van der Waals surface area (Å²) in [5, 5.41) is 3.16. The number of nitrogens with zero attached hydrogens (tertiary/aromatic N) is 1. The molecule has 1 N–H and O–H groups in total. The fourth-order valence-electron chi connectivity index (χ4n) is 2.16. The molecule has 1 aliphatic heterocycles. The maximum atomic E-state index is 12.0. The van der Waals surface area contributed by atoms with E-state index in [-0.39, 0.29) is 5.91 Å². The minimum Gasteiger partial charge on any atom is -0.486 e. The highest BCUT2D eigenvalue weighted by atomic mass is 35.5. The Morgan fingerprint density at radius 3 is 2.92 bits per heavy atom. The second-order valence-corrected chi connectivity index (χ2v) is 5.35. The number of carbonyl (C=O) groups excluding carboxylic acids is 1. The maximum absolute atomic E-state index is 12.0. The van der Waals surface area contributed by atoms with Crippen LogP contribution < -0.4 is 19.5 Å². The molecule has 24 heavy (non-hydrogen) atoms. The summed E-state index contributed by atoms with van der Waals surface area (Å²) < 4.78 is 15.9. The van der Waals surface area contributed by atoms with E-state index in [1.54, 1.807) is 30.3 Å². The van der Waals surface area contributed by atoms with Crippen LogP contribution in [0.3, 0.4) is 0 Å². The van der Waals surface area contributed by atoms with Crippen LogP contribution in [0, 0.1) is 0 Å². The van der Waals surface area contributed by atoms with Crippen LogP contribution in [0.4, 0.5) is 5.69 Å². The molecular weight excluding hydrogens is 332 g/mol. The number of rotatable bonds is 4. The molecule has 0 radical (unpaired) electrons. The molecule has 2 heterocycles. The lowest BCUT2D eigenvalue weighted by Crippen LogP contribution is -2.15. The number of carbonyl (C=O) groups is 1. The molecule has 1 aliphatic rings. The molecule has 1 amide bonds. The van der Waals surface area contributed by atoms with Gasteiger partial charge in [-0.2, -0.15) is 0 Å². The Bertz CT molecular complexity index is 775.